The molecule has 0 aliphatic heterocycles. The van der Waals surface area contributed by atoms with Crippen LogP contribution in [-0.4, -0.2) is 22.5 Å². The molecule has 1 aliphatic carbocycles. The number of carbonyl (C=O) groups excluding carboxylic acids is 1. The van der Waals surface area contributed by atoms with Gasteiger partial charge >= 0.3 is 5.97 Å². The average Bonchev–Trinajstić information content (AvgIpc) is 2.42. The quantitative estimate of drug-likeness (QED) is 0.895. The van der Waals surface area contributed by atoms with Crippen LogP contribution in [0.5, 0.6) is 0 Å². The fourth-order valence-electron chi connectivity index (χ4n) is 2.47. The van der Waals surface area contributed by atoms with Gasteiger partial charge in [0.1, 0.15) is 5.54 Å². The molecule has 20 heavy (non-hydrogen) atoms. The number of halogens is 2. The second-order valence-electron chi connectivity index (χ2n) is 5.03. The molecule has 1 aromatic rings. The predicted octanol–water partition coefficient (Wildman–Crippen LogP) is 2.48. The van der Waals surface area contributed by atoms with Crippen molar-refractivity contribution in [3.8, 4) is 0 Å². The van der Waals surface area contributed by atoms with Crippen molar-refractivity contribution in [1.29, 1.82) is 0 Å². The van der Waals surface area contributed by atoms with E-state index < -0.39 is 29.0 Å². The third-order valence-corrected chi connectivity index (χ3v) is 3.65. The highest BCUT2D eigenvalue weighted by molar-refractivity contribution is 5.97. The van der Waals surface area contributed by atoms with Crippen molar-refractivity contribution in [2.24, 2.45) is 0 Å². The van der Waals surface area contributed by atoms with Gasteiger partial charge in [0.2, 0.25) is 0 Å². The Morgan fingerprint density at radius 2 is 1.75 bits per heavy atom. The van der Waals surface area contributed by atoms with E-state index in [0.717, 1.165) is 24.6 Å². The lowest BCUT2D eigenvalue weighted by atomic mass is 9.81. The van der Waals surface area contributed by atoms with Crippen LogP contribution < -0.4 is 5.32 Å². The van der Waals surface area contributed by atoms with E-state index in [4.69, 9.17) is 0 Å². The van der Waals surface area contributed by atoms with Gasteiger partial charge < -0.3 is 10.4 Å². The van der Waals surface area contributed by atoms with Gasteiger partial charge in [-0.3, -0.25) is 4.79 Å². The van der Waals surface area contributed by atoms with Gasteiger partial charge in [-0.1, -0.05) is 19.3 Å². The summed E-state index contributed by atoms with van der Waals surface area (Å²) in [6, 6.07) is 2.74. The minimum atomic E-state index is -1.31. The van der Waals surface area contributed by atoms with Gasteiger partial charge in [-0.2, -0.15) is 0 Å². The highest BCUT2D eigenvalue weighted by Gasteiger charge is 2.41. The predicted molar refractivity (Wildman–Crippen MR) is 67.3 cm³/mol. The SMILES string of the molecule is O=C(NC1(C(=O)O)CCCCC1)c1ccc(F)c(F)c1. The van der Waals surface area contributed by atoms with Crippen molar-refractivity contribution in [2.75, 3.05) is 0 Å². The van der Waals surface area contributed by atoms with E-state index in [9.17, 15) is 23.5 Å². The van der Waals surface area contributed by atoms with Crippen molar-refractivity contribution < 1.29 is 23.5 Å². The molecule has 2 rings (SSSR count). The molecular weight excluding hydrogens is 268 g/mol. The van der Waals surface area contributed by atoms with Crippen LogP contribution in [0.15, 0.2) is 18.2 Å². The molecule has 0 spiro atoms. The molecule has 0 saturated heterocycles. The summed E-state index contributed by atoms with van der Waals surface area (Å²) < 4.78 is 25.9. The zero-order valence-electron chi connectivity index (χ0n) is 10.8. The molecule has 0 bridgehead atoms. The van der Waals surface area contributed by atoms with Crippen molar-refractivity contribution in [3.05, 3.63) is 35.4 Å². The minimum absolute atomic E-state index is 0.0879. The van der Waals surface area contributed by atoms with E-state index in [1.807, 2.05) is 0 Å². The summed E-state index contributed by atoms with van der Waals surface area (Å²) in [5, 5.41) is 11.8. The first-order chi connectivity index (χ1) is 9.44. The molecule has 1 fully saturated rings. The maximum atomic E-state index is 13.1. The summed E-state index contributed by atoms with van der Waals surface area (Å²) in [6.45, 7) is 0. The van der Waals surface area contributed by atoms with Gasteiger partial charge in [0.15, 0.2) is 11.6 Å². The molecule has 0 unspecified atom stereocenters. The minimum Gasteiger partial charge on any atom is -0.480 e. The van der Waals surface area contributed by atoms with Gasteiger partial charge in [-0.25, -0.2) is 13.6 Å². The van der Waals surface area contributed by atoms with Crippen LogP contribution >= 0.6 is 0 Å². The standard InChI is InChI=1S/C14H15F2NO3/c15-10-5-4-9(8-11(10)16)12(18)17-14(13(19)20)6-2-1-3-7-14/h4-5,8H,1-3,6-7H2,(H,17,18)(H,19,20). The molecule has 108 valence electrons. The molecule has 1 aromatic carbocycles. The molecule has 4 nitrogen and oxygen atoms in total. The number of benzene rings is 1. The summed E-state index contributed by atoms with van der Waals surface area (Å²) in [6.07, 6.45) is 3.04. The van der Waals surface area contributed by atoms with Crippen LogP contribution in [0.25, 0.3) is 0 Å². The Hall–Kier alpha value is -1.98. The van der Waals surface area contributed by atoms with Crippen LogP contribution in [0.1, 0.15) is 42.5 Å². The third kappa shape index (κ3) is 2.79. The molecule has 1 saturated carbocycles. The molecule has 1 amide bonds. The number of rotatable bonds is 3. The first-order valence-electron chi connectivity index (χ1n) is 6.45. The largest absolute Gasteiger partial charge is 0.480 e. The zero-order valence-corrected chi connectivity index (χ0v) is 10.8. The number of carboxylic acids is 1. The molecule has 0 heterocycles. The number of nitrogens with one attached hydrogen (secondary N) is 1. The van der Waals surface area contributed by atoms with Gasteiger partial charge in [-0.05, 0) is 31.0 Å². The number of aliphatic carboxylic acids is 1. The van der Waals surface area contributed by atoms with Gasteiger partial charge in [0.25, 0.3) is 5.91 Å². The summed E-state index contributed by atoms with van der Waals surface area (Å²) >= 11 is 0. The normalized spacial score (nSPS) is 17.5. The highest BCUT2D eigenvalue weighted by Crippen LogP contribution is 2.29. The lowest BCUT2D eigenvalue weighted by Gasteiger charge is -2.33. The van der Waals surface area contributed by atoms with E-state index in [-0.39, 0.29) is 5.56 Å². The first-order valence-corrected chi connectivity index (χ1v) is 6.45. The molecule has 0 atom stereocenters. The Bertz CT molecular complexity index is 539. The lowest BCUT2D eigenvalue weighted by molar-refractivity contribution is -0.145. The fraction of sp³-hybridized carbons (Fsp3) is 0.429. The van der Waals surface area contributed by atoms with Crippen LogP contribution in [0.4, 0.5) is 8.78 Å². The van der Waals surface area contributed by atoms with Crippen LogP contribution in [0, 0.1) is 11.6 Å². The Morgan fingerprint density at radius 1 is 1.10 bits per heavy atom. The highest BCUT2D eigenvalue weighted by atomic mass is 19.2. The van der Waals surface area contributed by atoms with Crippen molar-refractivity contribution in [2.45, 2.75) is 37.6 Å². The van der Waals surface area contributed by atoms with Crippen molar-refractivity contribution >= 4 is 11.9 Å². The van der Waals surface area contributed by atoms with E-state index in [1.165, 1.54) is 0 Å². The van der Waals surface area contributed by atoms with E-state index in [0.29, 0.717) is 25.7 Å². The van der Waals surface area contributed by atoms with E-state index in [1.54, 1.807) is 0 Å². The fourth-order valence-corrected chi connectivity index (χ4v) is 2.47. The Labute approximate surface area is 114 Å². The van der Waals surface area contributed by atoms with Crippen molar-refractivity contribution in [3.63, 3.8) is 0 Å². The summed E-state index contributed by atoms with van der Waals surface area (Å²) in [5.41, 5.74) is -1.39. The molecule has 0 radical (unpaired) electrons. The molecule has 2 N–H and O–H groups in total. The Balaban J connectivity index is 2.20. The van der Waals surface area contributed by atoms with Gasteiger partial charge in [0, 0.05) is 5.56 Å². The van der Waals surface area contributed by atoms with E-state index >= 15 is 0 Å². The Morgan fingerprint density at radius 3 is 2.30 bits per heavy atom. The maximum absolute atomic E-state index is 13.1. The molecule has 0 aromatic heterocycles. The first kappa shape index (κ1) is 14.4. The third-order valence-electron chi connectivity index (χ3n) is 3.65. The molecular formula is C14H15F2NO3. The van der Waals surface area contributed by atoms with Crippen LogP contribution in [-0.2, 0) is 4.79 Å². The molecule has 6 heteroatoms. The van der Waals surface area contributed by atoms with Gasteiger partial charge in [-0.15, -0.1) is 0 Å². The number of amides is 1. The average molecular weight is 283 g/mol. The second kappa shape index (κ2) is 5.56. The molecule has 1 aliphatic rings. The number of carboxylic acid groups (broad SMARTS) is 1. The number of hydrogen-bond acceptors (Lipinski definition) is 2. The number of hydrogen-bond donors (Lipinski definition) is 2. The Kier molecular flexibility index (Phi) is 4.01. The van der Waals surface area contributed by atoms with E-state index in [2.05, 4.69) is 5.32 Å². The summed E-state index contributed by atoms with van der Waals surface area (Å²) in [7, 11) is 0. The number of carbonyl (C=O) groups is 2. The van der Waals surface area contributed by atoms with Gasteiger partial charge in [0.05, 0.1) is 0 Å². The van der Waals surface area contributed by atoms with Crippen molar-refractivity contribution in [1.82, 2.24) is 5.32 Å². The van der Waals surface area contributed by atoms with Crippen LogP contribution in [0.2, 0.25) is 0 Å². The summed E-state index contributed by atoms with van der Waals surface area (Å²) in [4.78, 5) is 23.4. The monoisotopic (exact) mass is 283 g/mol. The van der Waals surface area contributed by atoms with Crippen LogP contribution in [0.3, 0.4) is 0 Å². The second-order valence-corrected chi connectivity index (χ2v) is 5.03. The zero-order chi connectivity index (χ0) is 14.8. The smallest absolute Gasteiger partial charge is 0.329 e. The maximum Gasteiger partial charge on any atom is 0.329 e. The summed E-state index contributed by atoms with van der Waals surface area (Å²) in [5.74, 6) is -3.97. The topological polar surface area (TPSA) is 66.4 Å². The lowest BCUT2D eigenvalue weighted by Crippen LogP contribution is -2.55.